The van der Waals surface area contributed by atoms with Crippen LogP contribution in [0.2, 0.25) is 0 Å². The van der Waals surface area contributed by atoms with Crippen LogP contribution < -0.4 is 21.7 Å². The van der Waals surface area contributed by atoms with Crippen molar-refractivity contribution in [2.24, 2.45) is 11.7 Å². The Labute approximate surface area is 174 Å². The molecule has 172 valence electrons. The minimum Gasteiger partial charge on any atom is -0.481 e. The molecule has 0 fully saturated rings. The van der Waals surface area contributed by atoms with Crippen molar-refractivity contribution in [1.29, 1.82) is 0 Å². The zero-order valence-electron chi connectivity index (χ0n) is 17.5. The van der Waals surface area contributed by atoms with Gasteiger partial charge in [-0.3, -0.25) is 19.2 Å². The molecule has 0 aliphatic heterocycles. The molecule has 8 N–H and O–H groups in total. The summed E-state index contributed by atoms with van der Waals surface area (Å²) in [5.41, 5.74) is 5.81. The lowest BCUT2D eigenvalue weighted by molar-refractivity contribution is -0.145. The van der Waals surface area contributed by atoms with Crippen LogP contribution in [0.15, 0.2) is 0 Å². The molecule has 0 spiro atoms. The molecule has 6 unspecified atom stereocenters. The van der Waals surface area contributed by atoms with Gasteiger partial charge < -0.3 is 37.0 Å². The van der Waals surface area contributed by atoms with Gasteiger partial charge in [-0.15, -0.1) is 0 Å². The van der Waals surface area contributed by atoms with E-state index in [1.165, 1.54) is 6.92 Å². The van der Waals surface area contributed by atoms with Gasteiger partial charge in [0, 0.05) is 6.42 Å². The number of carbonyl (C=O) groups excluding carboxylic acids is 3. The number of aliphatic carboxylic acids is 2. The predicted octanol–water partition coefficient (Wildman–Crippen LogP) is -1.84. The van der Waals surface area contributed by atoms with Crippen LogP contribution in [0.3, 0.4) is 0 Å². The fourth-order valence-electron chi connectivity index (χ4n) is 2.36. The topological polar surface area (TPSA) is 208 Å². The molecule has 30 heavy (non-hydrogen) atoms. The Morgan fingerprint density at radius 1 is 0.900 bits per heavy atom. The van der Waals surface area contributed by atoms with Gasteiger partial charge in [-0.05, 0) is 26.2 Å². The Balaban J connectivity index is 5.19. The molecule has 0 aromatic carbocycles. The Hall–Kier alpha value is -2.73. The number of carboxylic acids is 2. The minimum absolute atomic E-state index is 0.122. The maximum absolute atomic E-state index is 12.4. The smallest absolute Gasteiger partial charge is 0.328 e. The molecule has 0 saturated heterocycles. The number of hydrogen-bond acceptors (Lipinski definition) is 7. The number of nitrogens with two attached hydrogens (primary N) is 1. The highest BCUT2D eigenvalue weighted by Gasteiger charge is 2.31. The first kappa shape index (κ1) is 27.3. The van der Waals surface area contributed by atoms with Gasteiger partial charge in [0.2, 0.25) is 17.7 Å². The third-order valence-electron chi connectivity index (χ3n) is 4.64. The molecule has 0 aliphatic rings. The third-order valence-corrected chi connectivity index (χ3v) is 4.64. The number of carboxylic acid groups (broad SMARTS) is 2. The maximum Gasteiger partial charge on any atom is 0.328 e. The summed E-state index contributed by atoms with van der Waals surface area (Å²) in [7, 11) is 0. The van der Waals surface area contributed by atoms with Gasteiger partial charge in [-0.1, -0.05) is 20.3 Å². The number of rotatable bonds is 13. The Morgan fingerprint density at radius 2 is 1.47 bits per heavy atom. The van der Waals surface area contributed by atoms with Crippen LogP contribution >= 0.6 is 0 Å². The molecule has 0 saturated carbocycles. The first-order valence-corrected chi connectivity index (χ1v) is 9.61. The second-order valence-electron chi connectivity index (χ2n) is 7.20. The molecule has 12 heteroatoms. The number of aliphatic hydroxyl groups excluding tert-OH is 1. The quantitative estimate of drug-likeness (QED) is 0.174. The van der Waals surface area contributed by atoms with Gasteiger partial charge in [0.1, 0.15) is 12.1 Å². The second-order valence-corrected chi connectivity index (χ2v) is 7.20. The van der Waals surface area contributed by atoms with Crippen molar-refractivity contribution in [3.05, 3.63) is 0 Å². The van der Waals surface area contributed by atoms with E-state index >= 15 is 0 Å². The van der Waals surface area contributed by atoms with E-state index in [4.69, 9.17) is 15.9 Å². The third kappa shape index (κ3) is 9.18. The van der Waals surface area contributed by atoms with E-state index in [9.17, 15) is 29.1 Å². The first-order valence-electron chi connectivity index (χ1n) is 9.61. The number of nitrogens with one attached hydrogen (secondary N) is 3. The first-order chi connectivity index (χ1) is 13.8. The summed E-state index contributed by atoms with van der Waals surface area (Å²) in [5.74, 6) is -5.17. The van der Waals surface area contributed by atoms with Crippen LogP contribution in [-0.4, -0.2) is 75.3 Å². The molecule has 0 heterocycles. The standard InChI is InChI=1S/C18H32N4O8/c1-5-8(2)13(19)17(28)20-9(3)15(26)21-11(6-7-12(24)25)16(27)22-14(10(4)23)18(29)30/h8-11,13-14,23H,5-7,19H2,1-4H3,(H,20,28)(H,21,26)(H,22,27)(H,24,25)(H,29,30). The molecule has 0 rings (SSSR count). The zero-order chi connectivity index (χ0) is 23.6. The van der Waals surface area contributed by atoms with Gasteiger partial charge >= 0.3 is 11.9 Å². The van der Waals surface area contributed by atoms with Gasteiger partial charge in [-0.2, -0.15) is 0 Å². The van der Waals surface area contributed by atoms with Crippen molar-refractivity contribution in [3.63, 3.8) is 0 Å². The average Bonchev–Trinajstić information content (AvgIpc) is 2.66. The Morgan fingerprint density at radius 3 is 1.90 bits per heavy atom. The van der Waals surface area contributed by atoms with Crippen LogP contribution in [0.4, 0.5) is 0 Å². The molecule has 3 amide bonds. The lowest BCUT2D eigenvalue weighted by Gasteiger charge is -2.25. The van der Waals surface area contributed by atoms with E-state index < -0.39 is 66.4 Å². The summed E-state index contributed by atoms with van der Waals surface area (Å²) in [5, 5.41) is 34.2. The van der Waals surface area contributed by atoms with Crippen LogP contribution in [0.1, 0.15) is 47.0 Å². The minimum atomic E-state index is -1.65. The zero-order valence-corrected chi connectivity index (χ0v) is 17.5. The van der Waals surface area contributed by atoms with E-state index in [0.717, 1.165) is 6.92 Å². The normalized spacial score (nSPS) is 16.9. The lowest BCUT2D eigenvalue weighted by atomic mass is 9.99. The van der Waals surface area contributed by atoms with Gasteiger partial charge in [0.25, 0.3) is 0 Å². The maximum atomic E-state index is 12.4. The van der Waals surface area contributed by atoms with E-state index in [1.54, 1.807) is 6.92 Å². The van der Waals surface area contributed by atoms with Crippen LogP contribution in [0.5, 0.6) is 0 Å². The average molecular weight is 432 g/mol. The molecule has 0 aliphatic carbocycles. The highest BCUT2D eigenvalue weighted by Crippen LogP contribution is 2.06. The van der Waals surface area contributed by atoms with Crippen molar-refractivity contribution in [2.45, 2.75) is 77.2 Å². The van der Waals surface area contributed by atoms with Crippen molar-refractivity contribution in [3.8, 4) is 0 Å². The fraction of sp³-hybridized carbons (Fsp3) is 0.722. The van der Waals surface area contributed by atoms with E-state index in [0.29, 0.717) is 6.42 Å². The van der Waals surface area contributed by atoms with Crippen molar-refractivity contribution in [2.75, 3.05) is 0 Å². The summed E-state index contributed by atoms with van der Waals surface area (Å²) in [6, 6.07) is -4.96. The highest BCUT2D eigenvalue weighted by atomic mass is 16.4. The fourth-order valence-corrected chi connectivity index (χ4v) is 2.36. The summed E-state index contributed by atoms with van der Waals surface area (Å²) in [6.45, 7) is 6.15. The molecule has 0 bridgehead atoms. The van der Waals surface area contributed by atoms with E-state index in [1.807, 2.05) is 6.92 Å². The monoisotopic (exact) mass is 432 g/mol. The van der Waals surface area contributed by atoms with Crippen molar-refractivity contribution >= 4 is 29.7 Å². The van der Waals surface area contributed by atoms with Gasteiger partial charge in [0.15, 0.2) is 6.04 Å². The summed E-state index contributed by atoms with van der Waals surface area (Å²) in [6.07, 6.45) is -1.58. The van der Waals surface area contributed by atoms with Crippen LogP contribution in [0.25, 0.3) is 0 Å². The summed E-state index contributed by atoms with van der Waals surface area (Å²) in [4.78, 5) is 58.9. The van der Waals surface area contributed by atoms with E-state index in [-0.39, 0.29) is 12.3 Å². The molecule has 6 atom stereocenters. The lowest BCUT2D eigenvalue weighted by Crippen LogP contribution is -2.58. The second kappa shape index (κ2) is 12.8. The van der Waals surface area contributed by atoms with Crippen LogP contribution in [-0.2, 0) is 24.0 Å². The SMILES string of the molecule is CCC(C)C(N)C(=O)NC(C)C(=O)NC(CCC(=O)O)C(=O)NC(C(=O)O)C(C)O. The molecule has 0 aromatic heterocycles. The molecular weight excluding hydrogens is 400 g/mol. The van der Waals surface area contributed by atoms with Gasteiger partial charge in [0.05, 0.1) is 12.1 Å². The highest BCUT2D eigenvalue weighted by molar-refractivity contribution is 5.94. The summed E-state index contributed by atoms with van der Waals surface area (Å²) >= 11 is 0. The number of hydrogen-bond donors (Lipinski definition) is 7. The Bertz CT molecular complexity index is 640. The van der Waals surface area contributed by atoms with Gasteiger partial charge in [-0.25, -0.2) is 4.79 Å². The number of aliphatic hydroxyl groups is 1. The number of amides is 3. The van der Waals surface area contributed by atoms with Crippen molar-refractivity contribution in [1.82, 2.24) is 16.0 Å². The largest absolute Gasteiger partial charge is 0.481 e. The predicted molar refractivity (Wildman–Crippen MR) is 105 cm³/mol. The van der Waals surface area contributed by atoms with E-state index in [2.05, 4.69) is 16.0 Å². The van der Waals surface area contributed by atoms with Crippen molar-refractivity contribution < 1.29 is 39.3 Å². The van der Waals surface area contributed by atoms with Crippen LogP contribution in [0, 0.1) is 5.92 Å². The number of carbonyl (C=O) groups is 5. The summed E-state index contributed by atoms with van der Waals surface area (Å²) < 4.78 is 0. The molecule has 12 nitrogen and oxygen atoms in total. The molecule has 0 radical (unpaired) electrons. The molecule has 0 aromatic rings. The molecular formula is C18H32N4O8. The Kier molecular flexibility index (Phi) is 11.6.